The predicted octanol–water partition coefficient (Wildman–Crippen LogP) is 2.37. The van der Waals surface area contributed by atoms with E-state index in [-0.39, 0.29) is 11.5 Å². The van der Waals surface area contributed by atoms with Crippen molar-refractivity contribution in [3.05, 3.63) is 40.3 Å². The third-order valence-electron chi connectivity index (χ3n) is 3.36. The highest BCUT2D eigenvalue weighted by Crippen LogP contribution is 2.23. The number of nitrogens with two attached hydrogens (primary N) is 1. The molecular weight excluding hydrogens is 254 g/mol. The molecule has 5 heteroatoms. The van der Waals surface area contributed by atoms with Gasteiger partial charge in [0.25, 0.3) is 5.56 Å². The Hall–Kier alpha value is -2.17. The van der Waals surface area contributed by atoms with Gasteiger partial charge in [0.15, 0.2) is 0 Å². The summed E-state index contributed by atoms with van der Waals surface area (Å²) in [6, 6.07) is 7.41. The number of aromatic nitrogens is 2. The number of nitrogens with zero attached hydrogens (tertiary/aromatic N) is 2. The predicted molar refractivity (Wildman–Crippen MR) is 80.8 cm³/mol. The van der Waals surface area contributed by atoms with Crippen LogP contribution in [0.25, 0.3) is 5.69 Å². The molecule has 2 N–H and O–H groups in total. The fraction of sp³-hybridized carbons (Fsp3) is 0.400. The zero-order valence-electron chi connectivity index (χ0n) is 12.4. The van der Waals surface area contributed by atoms with Crippen LogP contribution in [-0.2, 0) is 6.54 Å². The highest BCUT2D eigenvalue weighted by Gasteiger charge is 2.20. The second kappa shape index (κ2) is 5.45. The van der Waals surface area contributed by atoms with E-state index in [0.29, 0.717) is 18.0 Å². The molecule has 0 amide bonds. The number of anilines is 1. The quantitative estimate of drug-likeness (QED) is 0.931. The summed E-state index contributed by atoms with van der Waals surface area (Å²) in [6.45, 7) is 6.75. The third kappa shape index (κ3) is 2.19. The summed E-state index contributed by atoms with van der Waals surface area (Å²) in [5.41, 5.74) is 7.78. The first kappa shape index (κ1) is 14.2. The Balaban J connectivity index is 2.73. The van der Waals surface area contributed by atoms with Crippen LogP contribution in [0.2, 0.25) is 0 Å². The molecule has 1 aromatic carbocycles. The molecule has 20 heavy (non-hydrogen) atoms. The number of hydrogen-bond donors (Lipinski definition) is 1. The van der Waals surface area contributed by atoms with Crippen molar-refractivity contribution in [2.75, 3.05) is 12.8 Å². The summed E-state index contributed by atoms with van der Waals surface area (Å²) < 4.78 is 8.76. The fourth-order valence-electron chi connectivity index (χ4n) is 2.50. The average Bonchev–Trinajstić information content (AvgIpc) is 2.70. The van der Waals surface area contributed by atoms with E-state index in [1.165, 1.54) is 0 Å². The Kier molecular flexibility index (Phi) is 3.88. The summed E-state index contributed by atoms with van der Waals surface area (Å²) in [5, 5.41) is 0. The summed E-state index contributed by atoms with van der Waals surface area (Å²) in [4.78, 5) is 12.5. The van der Waals surface area contributed by atoms with Crippen LogP contribution in [0.1, 0.15) is 32.4 Å². The van der Waals surface area contributed by atoms with Crippen LogP contribution in [0, 0.1) is 0 Å². The van der Waals surface area contributed by atoms with Crippen molar-refractivity contribution in [3.63, 3.8) is 0 Å². The van der Waals surface area contributed by atoms with E-state index in [9.17, 15) is 4.79 Å². The monoisotopic (exact) mass is 275 g/mol. The van der Waals surface area contributed by atoms with Gasteiger partial charge in [-0.25, -0.2) is 4.68 Å². The van der Waals surface area contributed by atoms with E-state index in [2.05, 4.69) is 0 Å². The molecule has 1 aromatic heterocycles. The molecule has 0 atom stereocenters. The number of rotatable bonds is 4. The number of hydrogen-bond acceptors (Lipinski definition) is 3. The van der Waals surface area contributed by atoms with Crippen molar-refractivity contribution in [1.29, 1.82) is 0 Å². The number of methoxy groups -OCH3 is 1. The van der Waals surface area contributed by atoms with Crippen molar-refractivity contribution in [2.45, 2.75) is 33.2 Å². The Morgan fingerprint density at radius 1 is 1.35 bits per heavy atom. The summed E-state index contributed by atoms with van der Waals surface area (Å²) in [7, 11) is 1.61. The lowest BCUT2D eigenvalue weighted by atomic mass is 10.1. The first-order valence-corrected chi connectivity index (χ1v) is 6.76. The van der Waals surface area contributed by atoms with Gasteiger partial charge in [-0.3, -0.25) is 9.48 Å². The van der Waals surface area contributed by atoms with Crippen LogP contribution in [-0.4, -0.2) is 16.5 Å². The molecule has 2 rings (SSSR count). The standard InChI is InChI=1S/C15H21N3O2/c1-5-17-14(10(2)3)13(16)15(19)18(17)11-7-6-8-12(9-11)20-4/h6-10H,5,16H2,1-4H3. The SMILES string of the molecule is CCn1c(C(C)C)c(N)c(=O)n1-c1cccc(OC)c1. The molecule has 0 fully saturated rings. The smallest absolute Gasteiger partial charge is 0.294 e. The molecular formula is C15H21N3O2. The van der Waals surface area contributed by atoms with Gasteiger partial charge in [-0.1, -0.05) is 19.9 Å². The topological polar surface area (TPSA) is 62.2 Å². The first-order chi connectivity index (χ1) is 9.51. The second-order valence-electron chi connectivity index (χ2n) is 4.99. The Bertz CT molecular complexity index is 668. The zero-order valence-corrected chi connectivity index (χ0v) is 12.4. The molecule has 0 unspecified atom stereocenters. The minimum absolute atomic E-state index is 0.177. The summed E-state index contributed by atoms with van der Waals surface area (Å²) >= 11 is 0. The van der Waals surface area contributed by atoms with Crippen LogP contribution >= 0.6 is 0 Å². The van der Waals surface area contributed by atoms with Crippen LogP contribution in [0.15, 0.2) is 29.1 Å². The van der Waals surface area contributed by atoms with E-state index in [4.69, 9.17) is 10.5 Å². The first-order valence-electron chi connectivity index (χ1n) is 6.76. The molecule has 0 aliphatic carbocycles. The van der Waals surface area contributed by atoms with Crippen molar-refractivity contribution < 1.29 is 4.74 Å². The lowest BCUT2D eigenvalue weighted by Crippen LogP contribution is -2.22. The van der Waals surface area contributed by atoms with Crippen molar-refractivity contribution >= 4 is 5.69 Å². The molecule has 108 valence electrons. The van der Waals surface area contributed by atoms with E-state index >= 15 is 0 Å². The van der Waals surface area contributed by atoms with Gasteiger partial charge in [-0.15, -0.1) is 0 Å². The molecule has 0 saturated heterocycles. The lowest BCUT2D eigenvalue weighted by Gasteiger charge is -2.15. The second-order valence-corrected chi connectivity index (χ2v) is 4.99. The average molecular weight is 275 g/mol. The maximum atomic E-state index is 12.5. The largest absolute Gasteiger partial charge is 0.497 e. The van der Waals surface area contributed by atoms with Gasteiger partial charge >= 0.3 is 0 Å². The van der Waals surface area contributed by atoms with Gasteiger partial charge in [0.05, 0.1) is 18.5 Å². The normalized spacial score (nSPS) is 11.1. The molecule has 0 radical (unpaired) electrons. The van der Waals surface area contributed by atoms with E-state index in [1.54, 1.807) is 11.8 Å². The maximum Gasteiger partial charge on any atom is 0.294 e. The molecule has 0 spiro atoms. The fourth-order valence-corrected chi connectivity index (χ4v) is 2.50. The molecule has 1 heterocycles. The summed E-state index contributed by atoms with van der Waals surface area (Å²) in [6.07, 6.45) is 0. The van der Waals surface area contributed by atoms with Gasteiger partial charge in [-0.2, -0.15) is 0 Å². The van der Waals surface area contributed by atoms with E-state index in [0.717, 1.165) is 11.4 Å². The van der Waals surface area contributed by atoms with E-state index in [1.807, 2.05) is 49.7 Å². The molecule has 0 aliphatic heterocycles. The Labute approximate surface area is 118 Å². The number of ether oxygens (including phenoxy) is 1. The minimum Gasteiger partial charge on any atom is -0.497 e. The highest BCUT2D eigenvalue weighted by atomic mass is 16.5. The van der Waals surface area contributed by atoms with Crippen LogP contribution in [0.5, 0.6) is 5.75 Å². The van der Waals surface area contributed by atoms with Gasteiger partial charge in [-0.05, 0) is 25.0 Å². The van der Waals surface area contributed by atoms with Crippen molar-refractivity contribution in [2.24, 2.45) is 0 Å². The maximum absolute atomic E-state index is 12.5. The highest BCUT2D eigenvalue weighted by molar-refractivity contribution is 5.48. The van der Waals surface area contributed by atoms with Gasteiger partial charge < -0.3 is 10.5 Å². The molecule has 5 nitrogen and oxygen atoms in total. The van der Waals surface area contributed by atoms with Crippen LogP contribution in [0.4, 0.5) is 5.69 Å². The molecule has 0 bridgehead atoms. The third-order valence-corrected chi connectivity index (χ3v) is 3.36. The van der Waals surface area contributed by atoms with Gasteiger partial charge in [0.2, 0.25) is 0 Å². The number of benzene rings is 1. The minimum atomic E-state index is -0.177. The zero-order chi connectivity index (χ0) is 14.9. The van der Waals surface area contributed by atoms with Gasteiger partial charge in [0, 0.05) is 12.6 Å². The molecule has 2 aromatic rings. The van der Waals surface area contributed by atoms with Crippen LogP contribution < -0.4 is 16.0 Å². The Morgan fingerprint density at radius 2 is 2.05 bits per heavy atom. The van der Waals surface area contributed by atoms with Gasteiger partial charge in [0.1, 0.15) is 11.4 Å². The number of nitrogen functional groups attached to an aromatic ring is 1. The molecule has 0 saturated carbocycles. The summed E-state index contributed by atoms with van der Waals surface area (Å²) in [5.74, 6) is 0.900. The van der Waals surface area contributed by atoms with Crippen molar-refractivity contribution in [1.82, 2.24) is 9.36 Å². The van der Waals surface area contributed by atoms with Crippen LogP contribution in [0.3, 0.4) is 0 Å². The lowest BCUT2D eigenvalue weighted by molar-refractivity contribution is 0.414. The molecule has 0 aliphatic rings. The van der Waals surface area contributed by atoms with E-state index < -0.39 is 0 Å². The van der Waals surface area contributed by atoms with Crippen molar-refractivity contribution in [3.8, 4) is 11.4 Å². The Morgan fingerprint density at radius 3 is 2.60 bits per heavy atom.